The van der Waals surface area contributed by atoms with Crippen LogP contribution < -0.4 is 36.8 Å². The minimum absolute atomic E-state index is 0.189. The Labute approximate surface area is 127 Å². The Bertz CT molecular complexity index is 744. The molecule has 0 fully saturated rings. The maximum absolute atomic E-state index is 5.79. The summed E-state index contributed by atoms with van der Waals surface area (Å²) in [6.45, 7) is 0.481. The van der Waals surface area contributed by atoms with Gasteiger partial charge in [0.05, 0.1) is 0 Å². The molecule has 0 saturated carbocycles. The number of hydrogen-bond acceptors (Lipinski definition) is 4. The SMILES string of the molecule is c1cc2c3c(c1)[Se]c1cc(c4c(c1[Se]3)OCO4)OCO2. The quantitative estimate of drug-likeness (QED) is 0.445. The van der Waals surface area contributed by atoms with Gasteiger partial charge in [0.2, 0.25) is 0 Å². The van der Waals surface area contributed by atoms with Gasteiger partial charge in [-0.05, 0) is 0 Å². The van der Waals surface area contributed by atoms with E-state index in [0.29, 0.717) is 0 Å². The molecule has 5 aliphatic rings. The molecule has 2 aromatic rings. The van der Waals surface area contributed by atoms with E-state index >= 15 is 0 Å². The van der Waals surface area contributed by atoms with Crippen LogP contribution in [0, 0.1) is 0 Å². The molecule has 0 unspecified atom stereocenters. The minimum atomic E-state index is 0.189. The van der Waals surface area contributed by atoms with Crippen LogP contribution in [-0.2, 0) is 0 Å². The average molecular weight is 398 g/mol. The van der Waals surface area contributed by atoms with Crippen molar-refractivity contribution in [3.8, 4) is 23.0 Å². The molecule has 20 heavy (non-hydrogen) atoms. The second-order valence-electron chi connectivity index (χ2n) is 4.46. The first-order valence-electron chi connectivity index (χ1n) is 6.11. The standard InChI is InChI=1S/C14H8O4Se2/c1-2-7-13-9(3-1)19-10-4-8(16-5-15-7)11-12(14(10)20-13)18-6-17-11/h1-4H,5-6H2. The van der Waals surface area contributed by atoms with Crippen LogP contribution in [0.25, 0.3) is 0 Å². The van der Waals surface area contributed by atoms with E-state index in [9.17, 15) is 0 Å². The second-order valence-corrected chi connectivity index (χ2v) is 8.88. The molecule has 0 spiro atoms. The van der Waals surface area contributed by atoms with Gasteiger partial charge in [0.1, 0.15) is 0 Å². The Morgan fingerprint density at radius 3 is 2.60 bits per heavy atom. The summed E-state index contributed by atoms with van der Waals surface area (Å²) in [5.74, 6) is 3.32. The number of ether oxygens (including phenoxy) is 4. The third kappa shape index (κ3) is 1.48. The third-order valence-electron chi connectivity index (χ3n) is 3.32. The molecule has 0 aromatic heterocycles. The Kier molecular flexibility index (Phi) is 2.32. The van der Waals surface area contributed by atoms with Gasteiger partial charge in [-0.2, -0.15) is 0 Å². The van der Waals surface area contributed by atoms with Crippen LogP contribution in [0.2, 0.25) is 0 Å². The molecule has 2 aromatic carbocycles. The fraction of sp³-hybridized carbons (Fsp3) is 0.143. The zero-order chi connectivity index (χ0) is 13.1. The van der Waals surface area contributed by atoms with Crippen LogP contribution in [0.5, 0.6) is 23.0 Å². The summed E-state index contributed by atoms with van der Waals surface area (Å²) in [7, 11) is 0. The van der Waals surface area contributed by atoms with Crippen LogP contribution in [0.15, 0.2) is 24.3 Å². The van der Waals surface area contributed by atoms with Crippen molar-refractivity contribution in [2.24, 2.45) is 0 Å². The van der Waals surface area contributed by atoms with Crippen molar-refractivity contribution in [1.82, 2.24) is 0 Å². The van der Waals surface area contributed by atoms with Gasteiger partial charge in [0, 0.05) is 0 Å². The Hall–Kier alpha value is -1.32. The van der Waals surface area contributed by atoms with Gasteiger partial charge in [-0.3, -0.25) is 0 Å². The molecule has 0 N–H and O–H groups in total. The first kappa shape index (κ1) is 11.4. The molecule has 5 aliphatic heterocycles. The monoisotopic (exact) mass is 400 g/mol. The molecule has 5 heterocycles. The van der Waals surface area contributed by atoms with Gasteiger partial charge in [0.15, 0.2) is 0 Å². The molecule has 6 bridgehead atoms. The Morgan fingerprint density at radius 2 is 1.60 bits per heavy atom. The van der Waals surface area contributed by atoms with Crippen molar-refractivity contribution < 1.29 is 18.9 Å². The first-order valence-corrected chi connectivity index (χ1v) is 9.54. The van der Waals surface area contributed by atoms with Crippen LogP contribution in [0.4, 0.5) is 0 Å². The molecule has 0 saturated heterocycles. The molecule has 6 heteroatoms. The van der Waals surface area contributed by atoms with Crippen molar-refractivity contribution in [3.05, 3.63) is 24.3 Å². The van der Waals surface area contributed by atoms with E-state index in [0.717, 1.165) is 23.0 Å². The Morgan fingerprint density at radius 1 is 0.750 bits per heavy atom. The molecule has 0 radical (unpaired) electrons. The zero-order valence-corrected chi connectivity index (χ0v) is 13.6. The normalized spacial score (nSPS) is 16.8. The van der Waals surface area contributed by atoms with Gasteiger partial charge in [-0.1, -0.05) is 0 Å². The molecule has 0 amide bonds. The predicted octanol–water partition coefficient (Wildman–Crippen LogP) is -1.23. The predicted molar refractivity (Wildman–Crippen MR) is 75.2 cm³/mol. The van der Waals surface area contributed by atoms with Crippen LogP contribution >= 0.6 is 0 Å². The van der Waals surface area contributed by atoms with Gasteiger partial charge in [-0.25, -0.2) is 0 Å². The van der Waals surface area contributed by atoms with Gasteiger partial charge in [-0.15, -0.1) is 0 Å². The summed E-state index contributed by atoms with van der Waals surface area (Å²) in [4.78, 5) is 0. The van der Waals surface area contributed by atoms with Crippen LogP contribution in [0.1, 0.15) is 0 Å². The van der Waals surface area contributed by atoms with E-state index in [4.69, 9.17) is 18.9 Å². The van der Waals surface area contributed by atoms with Crippen LogP contribution in [-0.4, -0.2) is 43.5 Å². The van der Waals surface area contributed by atoms with Crippen LogP contribution in [0.3, 0.4) is 0 Å². The number of benzene rings is 2. The average Bonchev–Trinajstić information content (AvgIpc) is 2.96. The van der Waals surface area contributed by atoms with E-state index in [-0.39, 0.29) is 43.5 Å². The van der Waals surface area contributed by atoms with Gasteiger partial charge in [0.25, 0.3) is 0 Å². The molecular formula is C14H8O4Se2. The molecule has 4 nitrogen and oxygen atoms in total. The summed E-state index contributed by atoms with van der Waals surface area (Å²) >= 11 is 0.454. The molecule has 0 aliphatic carbocycles. The number of rotatable bonds is 0. The zero-order valence-electron chi connectivity index (χ0n) is 10.2. The number of hydrogen-bond donors (Lipinski definition) is 0. The maximum atomic E-state index is 5.79. The van der Waals surface area contributed by atoms with E-state index < -0.39 is 0 Å². The van der Waals surface area contributed by atoms with E-state index in [2.05, 4.69) is 18.2 Å². The summed E-state index contributed by atoms with van der Waals surface area (Å²) in [5, 5.41) is 0. The fourth-order valence-corrected chi connectivity index (χ4v) is 8.31. The topological polar surface area (TPSA) is 36.9 Å². The molecule has 0 atom stereocenters. The fourth-order valence-electron chi connectivity index (χ4n) is 2.44. The Balaban J connectivity index is 1.82. The molecular weight excluding hydrogens is 390 g/mol. The van der Waals surface area contributed by atoms with E-state index in [1.807, 2.05) is 6.07 Å². The van der Waals surface area contributed by atoms with E-state index in [1.165, 1.54) is 17.8 Å². The van der Waals surface area contributed by atoms with Crippen molar-refractivity contribution >= 4 is 47.8 Å². The summed E-state index contributed by atoms with van der Waals surface area (Å²) < 4.78 is 28.2. The first-order chi connectivity index (χ1) is 9.90. The van der Waals surface area contributed by atoms with Gasteiger partial charge >= 0.3 is 128 Å². The molecule has 100 valence electrons. The van der Waals surface area contributed by atoms with Gasteiger partial charge < -0.3 is 0 Å². The third-order valence-corrected chi connectivity index (χ3v) is 9.54. The summed E-state index contributed by atoms with van der Waals surface area (Å²) in [5.41, 5.74) is 0. The molecule has 7 rings (SSSR count). The van der Waals surface area contributed by atoms with Crippen molar-refractivity contribution in [2.45, 2.75) is 0 Å². The summed E-state index contributed by atoms with van der Waals surface area (Å²) in [6, 6.07) is 8.40. The second kappa shape index (κ2) is 4.09. The van der Waals surface area contributed by atoms with Crippen molar-refractivity contribution in [3.63, 3.8) is 0 Å². The summed E-state index contributed by atoms with van der Waals surface area (Å²) in [6.07, 6.45) is 0. The van der Waals surface area contributed by atoms with E-state index in [1.54, 1.807) is 0 Å². The van der Waals surface area contributed by atoms with Crippen molar-refractivity contribution in [2.75, 3.05) is 13.6 Å². The van der Waals surface area contributed by atoms with Crippen molar-refractivity contribution in [1.29, 1.82) is 0 Å².